The van der Waals surface area contributed by atoms with Gasteiger partial charge in [0.2, 0.25) is 0 Å². The van der Waals surface area contributed by atoms with Crippen molar-refractivity contribution in [3.8, 4) is 34.0 Å². The molecule has 0 fully saturated rings. The molecule has 0 saturated heterocycles. The van der Waals surface area contributed by atoms with Gasteiger partial charge in [0.1, 0.15) is 17.0 Å². The molecule has 0 bridgehead atoms. The third-order valence-electron chi connectivity index (χ3n) is 23.9. The van der Waals surface area contributed by atoms with Gasteiger partial charge in [-0.05, 0) is 198 Å². The summed E-state index contributed by atoms with van der Waals surface area (Å²) in [5, 5.41) is 30.5. The van der Waals surface area contributed by atoms with Crippen molar-refractivity contribution < 1.29 is 4.42 Å². The van der Waals surface area contributed by atoms with Crippen LogP contribution in [-0.2, 0) is 0 Å². The van der Waals surface area contributed by atoms with Crippen molar-refractivity contribution in [3.63, 3.8) is 0 Å². The Morgan fingerprint density at radius 3 is 1.29 bits per heavy atom. The minimum Gasteiger partial charge on any atom is -0.455 e. The van der Waals surface area contributed by atoms with Gasteiger partial charge < -0.3 is 18.1 Å². The van der Waals surface area contributed by atoms with E-state index in [1.807, 2.05) is 29.7 Å². The van der Waals surface area contributed by atoms with Crippen molar-refractivity contribution in [2.24, 2.45) is 0 Å². The van der Waals surface area contributed by atoms with Crippen molar-refractivity contribution in [2.75, 3.05) is 0 Å². The lowest BCUT2D eigenvalue weighted by molar-refractivity contribution is 0.673. The van der Waals surface area contributed by atoms with Gasteiger partial charge in [0.05, 0.1) is 44.1 Å². The first-order valence-electron chi connectivity index (χ1n) is 39.0. The molecule has 0 radical (unpaired) electrons. The highest BCUT2D eigenvalue weighted by atomic mass is 32.1. The third kappa shape index (κ3) is 9.64. The summed E-state index contributed by atoms with van der Waals surface area (Å²) in [6.45, 7) is 0. The summed E-state index contributed by atoms with van der Waals surface area (Å²) in [6, 6.07) is 140. The van der Waals surface area contributed by atoms with Gasteiger partial charge in [-0.15, -0.1) is 11.3 Å². The Labute approximate surface area is 656 Å². The first-order valence-corrected chi connectivity index (χ1v) is 39.8. The van der Waals surface area contributed by atoms with Crippen molar-refractivity contribution >= 4 is 205 Å². The Kier molecular flexibility index (Phi) is 14.2. The number of fused-ring (bicyclic) bond motifs is 32. The van der Waals surface area contributed by atoms with Gasteiger partial charge >= 0.3 is 0 Å². The molecule has 26 rings (SSSR count). The van der Waals surface area contributed by atoms with Crippen molar-refractivity contribution in [2.45, 2.75) is 0 Å². The van der Waals surface area contributed by atoms with E-state index in [0.29, 0.717) is 0 Å². The highest BCUT2D eigenvalue weighted by Crippen LogP contribution is 2.49. The van der Waals surface area contributed by atoms with E-state index in [4.69, 9.17) is 4.42 Å². The molecule has 0 aliphatic carbocycles. The van der Waals surface area contributed by atoms with Crippen LogP contribution in [0.15, 0.2) is 399 Å². The van der Waals surface area contributed by atoms with Crippen molar-refractivity contribution in [3.05, 3.63) is 394 Å². The van der Waals surface area contributed by atoms with Crippen LogP contribution in [0.1, 0.15) is 0 Å². The molecule has 0 spiro atoms. The Hall–Kier alpha value is -14.9. The molecule has 26 aromatic rings. The molecule has 114 heavy (non-hydrogen) atoms. The van der Waals surface area contributed by atoms with Crippen LogP contribution >= 0.6 is 11.3 Å². The second-order valence-electron chi connectivity index (χ2n) is 29.9. The predicted octanol–water partition coefficient (Wildman–Crippen LogP) is 29.7. The number of thiophene rings is 1. The molecular formula is C107H65N5OS. The molecule has 530 valence electrons. The number of rotatable bonds is 5. The quantitative estimate of drug-likeness (QED) is 0.161. The maximum absolute atomic E-state index is 6.41. The van der Waals surface area contributed by atoms with Crippen LogP contribution in [-0.4, -0.2) is 23.3 Å². The lowest BCUT2D eigenvalue weighted by Crippen LogP contribution is -1.95. The number of nitrogens with zero attached hydrogens (tertiary/aromatic N) is 5. The van der Waals surface area contributed by atoms with Crippen LogP contribution in [0.3, 0.4) is 0 Å². The van der Waals surface area contributed by atoms with E-state index < -0.39 is 0 Å². The highest BCUT2D eigenvalue weighted by molar-refractivity contribution is 7.26. The fourth-order valence-corrected chi connectivity index (χ4v) is 20.1. The van der Waals surface area contributed by atoms with Crippen LogP contribution in [0.2, 0.25) is 0 Å². The van der Waals surface area contributed by atoms with E-state index in [2.05, 4.69) is 399 Å². The topological polar surface area (TPSA) is 45.8 Å². The van der Waals surface area contributed by atoms with Crippen LogP contribution < -0.4 is 0 Å². The highest BCUT2D eigenvalue weighted by Gasteiger charge is 2.25. The van der Waals surface area contributed by atoms with Gasteiger partial charge in [-0.2, -0.15) is 0 Å². The number of pyridine rings is 1. The van der Waals surface area contributed by atoms with E-state index in [1.54, 1.807) is 0 Å². The Balaban J connectivity index is 0.000000102. The number of benzene rings is 19. The average molecular weight is 1470 g/mol. The molecule has 0 aliphatic rings. The SMILES string of the molecule is c1ccc(-c2ccc(-n3c4ccccc4c4c5c(ccc43)sc3cc4ccccc4cc35)cc2)cc1.c1ccc(-n2c3ccc4ccccc4c3c3c4c5ccccc5n(-c5ccc6c7ccccc7c7ccccc7c6c5)c4ccc32)cc1.c1ccc(-n2c3ccccc3c3c4c(ccc32)oc2c3ccccc3ccc24)nc1. The van der Waals surface area contributed by atoms with E-state index in [9.17, 15) is 0 Å². The fraction of sp³-hybridized carbons (Fsp3) is 0. The smallest absolute Gasteiger partial charge is 0.143 e. The molecule has 7 heteroatoms. The maximum Gasteiger partial charge on any atom is 0.143 e. The zero-order valence-corrected chi connectivity index (χ0v) is 62.4. The van der Waals surface area contributed by atoms with Crippen LogP contribution in [0.4, 0.5) is 0 Å². The minimum absolute atomic E-state index is 0.915. The Morgan fingerprint density at radius 1 is 0.211 bits per heavy atom. The molecule has 7 aromatic heterocycles. The van der Waals surface area contributed by atoms with E-state index >= 15 is 0 Å². The first kappa shape index (κ1) is 64.0. The van der Waals surface area contributed by atoms with E-state index in [1.165, 1.54) is 189 Å². The first-order chi connectivity index (χ1) is 56.6. The van der Waals surface area contributed by atoms with E-state index in [-0.39, 0.29) is 0 Å². The molecular weight excluding hydrogens is 1400 g/mol. The monoisotopic (exact) mass is 1470 g/mol. The number of aromatic nitrogens is 5. The fourth-order valence-electron chi connectivity index (χ4n) is 19.0. The molecule has 0 unspecified atom stereocenters. The summed E-state index contributed by atoms with van der Waals surface area (Å²) in [4.78, 5) is 4.63. The predicted molar refractivity (Wildman–Crippen MR) is 485 cm³/mol. The zero-order valence-electron chi connectivity index (χ0n) is 61.6. The second-order valence-corrected chi connectivity index (χ2v) is 31.0. The summed E-state index contributed by atoms with van der Waals surface area (Å²) in [5.41, 5.74) is 17.5. The maximum atomic E-state index is 6.41. The summed E-state index contributed by atoms with van der Waals surface area (Å²) in [6.07, 6.45) is 1.84. The summed E-state index contributed by atoms with van der Waals surface area (Å²) < 4.78 is 18.7. The lowest BCUT2D eigenvalue weighted by Gasteiger charge is -2.14. The zero-order chi connectivity index (χ0) is 74.6. The van der Waals surface area contributed by atoms with Crippen LogP contribution in [0.25, 0.3) is 228 Å². The third-order valence-corrected chi connectivity index (χ3v) is 25.0. The molecule has 0 saturated carbocycles. The largest absolute Gasteiger partial charge is 0.455 e. The van der Waals surface area contributed by atoms with Gasteiger partial charge in [0.15, 0.2) is 0 Å². The summed E-state index contributed by atoms with van der Waals surface area (Å²) in [7, 11) is 0. The van der Waals surface area contributed by atoms with Crippen LogP contribution in [0.5, 0.6) is 0 Å². The summed E-state index contributed by atoms with van der Waals surface area (Å²) in [5.74, 6) is 0.918. The average Bonchev–Trinajstić information content (AvgIpc) is 1.28. The summed E-state index contributed by atoms with van der Waals surface area (Å²) >= 11 is 1.90. The van der Waals surface area contributed by atoms with Gasteiger partial charge in [0.25, 0.3) is 0 Å². The second kappa shape index (κ2) is 25.3. The molecule has 19 aromatic carbocycles. The van der Waals surface area contributed by atoms with Crippen LogP contribution in [0, 0.1) is 0 Å². The van der Waals surface area contributed by atoms with E-state index in [0.717, 1.165) is 38.8 Å². The molecule has 0 aliphatic heterocycles. The number of hydrogen-bond donors (Lipinski definition) is 0. The molecule has 7 heterocycles. The standard InChI is InChI=1S/C46H28N2.C34H21NS.C27H16N2O/c1-2-13-30(14-3-1)47-41-25-22-29-12-4-5-15-32(29)44(41)46-43(47)27-26-42-45(46)38-20-10-11-21-40(38)48(42)31-23-24-37-35-18-7-6-16-33(35)34-17-8-9-19-36(34)39(37)28-31;1-2-8-22(9-3-1)23-14-16-26(17-15-23)35-29-13-7-6-12-27(29)33-30(35)18-19-31-34(33)28-20-24-10-4-5-11-25(24)21-32(28)36-31;1-2-8-18-17(7-1)12-13-20-26-23(30-27(18)20)15-14-22-25(26)19-9-3-4-10-21(19)29(22)24-11-5-6-16-28-24/h1-28H;1-21H;1-16H. The van der Waals surface area contributed by atoms with Gasteiger partial charge in [-0.25, -0.2) is 4.98 Å². The molecule has 0 atom stereocenters. The molecule has 0 N–H and O–H groups in total. The lowest BCUT2D eigenvalue weighted by atomic mass is 9.94. The number of furan rings is 1. The molecule has 6 nitrogen and oxygen atoms in total. The van der Waals surface area contributed by atoms with Crippen molar-refractivity contribution in [1.82, 2.24) is 23.3 Å². The van der Waals surface area contributed by atoms with Gasteiger partial charge in [-0.3, -0.25) is 4.57 Å². The Bertz CT molecular complexity index is 8440. The molecule has 0 amide bonds. The normalized spacial score (nSPS) is 12.0. The minimum atomic E-state index is 0.915. The number of para-hydroxylation sites is 4. The van der Waals surface area contributed by atoms with Gasteiger partial charge in [-0.1, -0.05) is 261 Å². The number of hydrogen-bond acceptors (Lipinski definition) is 3. The van der Waals surface area contributed by atoms with Crippen molar-refractivity contribution in [1.29, 1.82) is 0 Å². The van der Waals surface area contributed by atoms with Gasteiger partial charge in [0, 0.05) is 103 Å². The Morgan fingerprint density at radius 2 is 0.632 bits per heavy atom.